The molecule has 0 saturated heterocycles. The van der Waals surface area contributed by atoms with E-state index in [0.29, 0.717) is 5.57 Å². The van der Waals surface area contributed by atoms with Crippen LogP contribution in [-0.4, -0.2) is 4.98 Å². The molecular weight excluding hydrogens is 336 g/mol. The van der Waals surface area contributed by atoms with Crippen molar-refractivity contribution in [2.24, 2.45) is 0 Å². The van der Waals surface area contributed by atoms with Crippen molar-refractivity contribution in [1.82, 2.24) is 4.98 Å². The Kier molecular flexibility index (Phi) is 5.99. The van der Waals surface area contributed by atoms with Crippen molar-refractivity contribution in [2.45, 2.75) is 33.1 Å². The molecule has 0 saturated carbocycles. The molecule has 0 bridgehead atoms. The van der Waals surface area contributed by atoms with Crippen molar-refractivity contribution in [3.05, 3.63) is 75.6 Å². The number of rotatable bonds is 6. The topological polar surface area (TPSA) is 36.7 Å². The molecule has 2 aromatic carbocycles. The third-order valence-corrected chi connectivity index (χ3v) is 5.19. The highest BCUT2D eigenvalue weighted by atomic mass is 32.1. The molecule has 0 fully saturated rings. The summed E-state index contributed by atoms with van der Waals surface area (Å²) in [5.41, 5.74) is 6.21. The van der Waals surface area contributed by atoms with Crippen LogP contribution >= 0.6 is 11.3 Å². The van der Waals surface area contributed by atoms with Crippen molar-refractivity contribution in [1.29, 1.82) is 5.26 Å². The molecular formula is C23H22N2S. The smallest absolute Gasteiger partial charge is 0.134 e. The van der Waals surface area contributed by atoms with Crippen molar-refractivity contribution in [3.63, 3.8) is 0 Å². The number of nitrogens with zero attached hydrogens (tertiary/aromatic N) is 2. The van der Waals surface area contributed by atoms with Gasteiger partial charge in [0.25, 0.3) is 0 Å². The van der Waals surface area contributed by atoms with E-state index in [1.54, 1.807) is 0 Å². The monoisotopic (exact) mass is 358 g/mol. The minimum atomic E-state index is 0.606. The fourth-order valence-electron chi connectivity index (χ4n) is 2.72. The largest absolute Gasteiger partial charge is 0.235 e. The molecule has 0 amide bonds. The van der Waals surface area contributed by atoms with Crippen LogP contribution < -0.4 is 0 Å². The summed E-state index contributed by atoms with van der Waals surface area (Å²) in [7, 11) is 0. The third-order valence-electron chi connectivity index (χ3n) is 4.31. The van der Waals surface area contributed by atoms with E-state index in [9.17, 15) is 5.26 Å². The molecule has 0 spiro atoms. The lowest BCUT2D eigenvalue weighted by molar-refractivity contribution is 0.795. The fraction of sp³-hybridized carbons (Fsp3) is 0.217. The first-order chi connectivity index (χ1) is 12.7. The quantitative estimate of drug-likeness (QED) is 0.470. The van der Waals surface area contributed by atoms with Gasteiger partial charge in [-0.1, -0.05) is 67.4 Å². The molecule has 0 atom stereocenters. The van der Waals surface area contributed by atoms with Crippen molar-refractivity contribution in [2.75, 3.05) is 0 Å². The highest BCUT2D eigenvalue weighted by molar-refractivity contribution is 7.11. The molecule has 0 unspecified atom stereocenters. The van der Waals surface area contributed by atoms with Crippen LogP contribution in [0.2, 0.25) is 0 Å². The number of nitriles is 1. The number of allylic oxidation sites excluding steroid dienone is 1. The van der Waals surface area contributed by atoms with Crippen LogP contribution in [0.5, 0.6) is 0 Å². The number of unbranched alkanes of at least 4 members (excludes halogenated alkanes) is 1. The summed E-state index contributed by atoms with van der Waals surface area (Å²) in [6.45, 7) is 4.27. The van der Waals surface area contributed by atoms with Gasteiger partial charge in [0.2, 0.25) is 0 Å². The lowest BCUT2D eigenvalue weighted by Gasteiger charge is -2.01. The van der Waals surface area contributed by atoms with Crippen LogP contribution in [0.3, 0.4) is 0 Å². The molecule has 1 heterocycles. The molecule has 0 N–H and O–H groups in total. The number of hydrogen-bond donors (Lipinski definition) is 0. The number of hydrogen-bond acceptors (Lipinski definition) is 3. The zero-order chi connectivity index (χ0) is 18.4. The van der Waals surface area contributed by atoms with Gasteiger partial charge in [0.1, 0.15) is 11.1 Å². The highest BCUT2D eigenvalue weighted by Gasteiger charge is 2.09. The van der Waals surface area contributed by atoms with E-state index in [0.717, 1.165) is 28.2 Å². The Morgan fingerprint density at radius 3 is 2.50 bits per heavy atom. The molecule has 0 aliphatic rings. The average Bonchev–Trinajstić information content (AvgIpc) is 3.16. The maximum absolute atomic E-state index is 9.58. The van der Waals surface area contributed by atoms with Gasteiger partial charge in [-0.25, -0.2) is 4.98 Å². The highest BCUT2D eigenvalue weighted by Crippen LogP contribution is 2.27. The minimum Gasteiger partial charge on any atom is -0.235 e. The van der Waals surface area contributed by atoms with E-state index in [-0.39, 0.29) is 0 Å². The Morgan fingerprint density at radius 1 is 1.12 bits per heavy atom. The predicted molar refractivity (Wildman–Crippen MR) is 111 cm³/mol. The molecule has 3 rings (SSSR count). The number of aryl methyl sites for hydroxylation is 2. The average molecular weight is 359 g/mol. The molecule has 0 aliphatic heterocycles. The fourth-order valence-corrected chi connectivity index (χ4v) is 3.52. The summed E-state index contributed by atoms with van der Waals surface area (Å²) in [4.78, 5) is 4.66. The first-order valence-electron chi connectivity index (χ1n) is 8.93. The Hall–Kier alpha value is -2.70. The molecule has 26 heavy (non-hydrogen) atoms. The van der Waals surface area contributed by atoms with Crippen LogP contribution in [0.1, 0.15) is 41.5 Å². The second-order valence-corrected chi connectivity index (χ2v) is 7.28. The standard InChI is InChI=1S/C23H22N2S/c1-3-4-5-18-8-10-19(11-9-18)14-21(15-24)23-25-22(16-26-23)20-12-6-17(2)7-13-20/h6-14,16H,3-5H2,1-2H3/b21-14+. The van der Waals surface area contributed by atoms with E-state index in [1.807, 2.05) is 11.5 Å². The van der Waals surface area contributed by atoms with Gasteiger partial charge >= 0.3 is 0 Å². The van der Waals surface area contributed by atoms with Crippen molar-refractivity contribution < 1.29 is 0 Å². The summed E-state index contributed by atoms with van der Waals surface area (Å²) < 4.78 is 0. The lowest BCUT2D eigenvalue weighted by Crippen LogP contribution is -1.86. The Bertz CT molecular complexity index is 926. The van der Waals surface area contributed by atoms with E-state index >= 15 is 0 Å². The first-order valence-corrected chi connectivity index (χ1v) is 9.81. The summed E-state index contributed by atoms with van der Waals surface area (Å²) in [6, 6.07) is 19.1. The minimum absolute atomic E-state index is 0.606. The summed E-state index contributed by atoms with van der Waals surface area (Å²) >= 11 is 1.51. The van der Waals surface area contributed by atoms with Crippen molar-refractivity contribution >= 4 is 23.0 Å². The molecule has 0 aliphatic carbocycles. The van der Waals surface area contributed by atoms with Gasteiger partial charge in [0, 0.05) is 10.9 Å². The van der Waals surface area contributed by atoms with E-state index in [1.165, 1.54) is 35.3 Å². The molecule has 3 heteroatoms. The van der Waals surface area contributed by atoms with Crippen LogP contribution in [-0.2, 0) is 6.42 Å². The Morgan fingerprint density at radius 2 is 1.85 bits per heavy atom. The van der Waals surface area contributed by atoms with Gasteiger partial charge in [-0.2, -0.15) is 5.26 Å². The van der Waals surface area contributed by atoms with Gasteiger partial charge < -0.3 is 0 Å². The zero-order valence-corrected chi connectivity index (χ0v) is 16.0. The van der Waals surface area contributed by atoms with Crippen molar-refractivity contribution in [3.8, 4) is 17.3 Å². The van der Waals surface area contributed by atoms with E-state index in [2.05, 4.69) is 73.4 Å². The van der Waals surface area contributed by atoms with Gasteiger partial charge in [-0.05, 0) is 37.0 Å². The zero-order valence-electron chi connectivity index (χ0n) is 15.2. The second-order valence-electron chi connectivity index (χ2n) is 6.42. The molecule has 2 nitrogen and oxygen atoms in total. The van der Waals surface area contributed by atoms with Gasteiger partial charge in [-0.15, -0.1) is 11.3 Å². The first kappa shape index (κ1) is 18.1. The summed E-state index contributed by atoms with van der Waals surface area (Å²) in [5, 5.41) is 12.4. The van der Waals surface area contributed by atoms with E-state index < -0.39 is 0 Å². The molecule has 1 aromatic heterocycles. The van der Waals surface area contributed by atoms with Crippen LogP contribution in [0.4, 0.5) is 0 Å². The maximum Gasteiger partial charge on any atom is 0.134 e. The summed E-state index contributed by atoms with van der Waals surface area (Å²) in [6.07, 6.45) is 5.44. The van der Waals surface area contributed by atoms with Crippen LogP contribution in [0, 0.1) is 18.3 Å². The Balaban J connectivity index is 1.81. The molecule has 0 radical (unpaired) electrons. The van der Waals surface area contributed by atoms with Crippen LogP contribution in [0.15, 0.2) is 53.9 Å². The second kappa shape index (κ2) is 8.60. The maximum atomic E-state index is 9.58. The van der Waals surface area contributed by atoms with Gasteiger partial charge in [0.05, 0.1) is 11.3 Å². The summed E-state index contributed by atoms with van der Waals surface area (Å²) in [5.74, 6) is 0. The van der Waals surface area contributed by atoms with E-state index in [4.69, 9.17) is 0 Å². The number of thiazole rings is 1. The lowest BCUT2D eigenvalue weighted by atomic mass is 10.1. The Labute approximate surface area is 159 Å². The third kappa shape index (κ3) is 4.47. The number of benzene rings is 2. The number of aromatic nitrogens is 1. The molecule has 130 valence electrons. The van der Waals surface area contributed by atoms with Crippen LogP contribution in [0.25, 0.3) is 22.9 Å². The normalized spacial score (nSPS) is 11.3. The molecule has 3 aromatic rings. The SMILES string of the molecule is CCCCc1ccc(/C=C(\C#N)c2nc(-c3ccc(C)cc3)cs2)cc1. The van der Waals surface area contributed by atoms with Gasteiger partial charge in [-0.3, -0.25) is 0 Å². The predicted octanol–water partition coefficient (Wildman–Crippen LogP) is 6.53. The van der Waals surface area contributed by atoms with Gasteiger partial charge in [0.15, 0.2) is 0 Å².